The van der Waals surface area contributed by atoms with Gasteiger partial charge < -0.3 is 14.6 Å². The Morgan fingerprint density at radius 2 is 2.33 bits per heavy atom. The molecule has 0 aromatic carbocycles. The average molecular weight is 219 g/mol. The molecule has 0 aromatic rings. The Bertz CT molecular complexity index is 199. The van der Waals surface area contributed by atoms with Gasteiger partial charge in [-0.1, -0.05) is 0 Å². The van der Waals surface area contributed by atoms with Gasteiger partial charge in [-0.25, -0.2) is 4.79 Å². The van der Waals surface area contributed by atoms with E-state index < -0.39 is 12.1 Å². The number of carbonyl (C=O) groups is 1. The van der Waals surface area contributed by atoms with Crippen LogP contribution in [0, 0.1) is 0 Å². The number of ether oxygens (including phenoxy) is 2. The lowest BCUT2D eigenvalue weighted by Crippen LogP contribution is -2.29. The van der Waals surface area contributed by atoms with Crippen LogP contribution in [0.3, 0.4) is 0 Å². The van der Waals surface area contributed by atoms with E-state index in [0.717, 1.165) is 6.42 Å². The fourth-order valence-electron chi connectivity index (χ4n) is 1.39. The summed E-state index contributed by atoms with van der Waals surface area (Å²) in [5.74, 6) is -0.891. The standard InChI is InChI=1S/C9H17NO5/c1-13-4-5-14-10-6-7-2-3-8(15-7)9(11)12/h7-8,10H,2-6H2,1H3,(H,11,12). The number of rotatable bonds is 7. The first-order chi connectivity index (χ1) is 7.24. The predicted octanol–water partition coefficient (Wildman–Crippen LogP) is -0.214. The van der Waals surface area contributed by atoms with Crippen LogP contribution in [0.2, 0.25) is 0 Å². The highest BCUT2D eigenvalue weighted by Gasteiger charge is 2.30. The number of nitrogens with one attached hydrogen (secondary N) is 1. The highest BCUT2D eigenvalue weighted by molar-refractivity contribution is 5.72. The quantitative estimate of drug-likeness (QED) is 0.455. The third kappa shape index (κ3) is 4.57. The van der Waals surface area contributed by atoms with Crippen molar-refractivity contribution in [3.63, 3.8) is 0 Å². The molecule has 2 N–H and O–H groups in total. The first kappa shape index (κ1) is 12.4. The fourth-order valence-corrected chi connectivity index (χ4v) is 1.39. The van der Waals surface area contributed by atoms with Crippen LogP contribution in [0.25, 0.3) is 0 Å². The van der Waals surface area contributed by atoms with Gasteiger partial charge in [-0.2, -0.15) is 5.48 Å². The number of methoxy groups -OCH3 is 1. The van der Waals surface area contributed by atoms with Crippen LogP contribution < -0.4 is 5.48 Å². The largest absolute Gasteiger partial charge is 0.479 e. The van der Waals surface area contributed by atoms with E-state index in [1.165, 1.54) is 0 Å². The van der Waals surface area contributed by atoms with Crippen molar-refractivity contribution in [3.05, 3.63) is 0 Å². The van der Waals surface area contributed by atoms with E-state index in [1.54, 1.807) is 7.11 Å². The van der Waals surface area contributed by atoms with Crippen molar-refractivity contribution in [2.45, 2.75) is 25.0 Å². The lowest BCUT2D eigenvalue weighted by atomic mass is 10.2. The zero-order chi connectivity index (χ0) is 11.1. The Morgan fingerprint density at radius 3 is 2.93 bits per heavy atom. The molecule has 2 unspecified atom stereocenters. The van der Waals surface area contributed by atoms with E-state index in [1.807, 2.05) is 0 Å². The lowest BCUT2D eigenvalue weighted by molar-refractivity contribution is -0.149. The molecule has 0 spiro atoms. The zero-order valence-electron chi connectivity index (χ0n) is 8.77. The molecular weight excluding hydrogens is 202 g/mol. The van der Waals surface area contributed by atoms with Gasteiger partial charge in [-0.3, -0.25) is 4.84 Å². The van der Waals surface area contributed by atoms with Gasteiger partial charge in [0.05, 0.1) is 19.3 Å². The van der Waals surface area contributed by atoms with E-state index in [9.17, 15) is 4.79 Å². The minimum Gasteiger partial charge on any atom is -0.479 e. The maximum atomic E-state index is 10.6. The second-order valence-electron chi connectivity index (χ2n) is 3.35. The summed E-state index contributed by atoms with van der Waals surface area (Å²) in [6.07, 6.45) is 0.585. The molecule has 1 aliphatic rings. The van der Waals surface area contributed by atoms with Crippen LogP contribution in [0.4, 0.5) is 0 Å². The topological polar surface area (TPSA) is 77.0 Å². The van der Waals surface area contributed by atoms with E-state index in [0.29, 0.717) is 26.2 Å². The van der Waals surface area contributed by atoms with Crippen molar-refractivity contribution in [1.29, 1.82) is 0 Å². The van der Waals surface area contributed by atoms with Crippen LogP contribution in [-0.4, -0.2) is 50.2 Å². The normalized spacial score (nSPS) is 25.7. The van der Waals surface area contributed by atoms with Crippen molar-refractivity contribution < 1.29 is 24.2 Å². The molecule has 1 saturated heterocycles. The van der Waals surface area contributed by atoms with Crippen molar-refractivity contribution in [3.8, 4) is 0 Å². The Morgan fingerprint density at radius 1 is 1.53 bits per heavy atom. The van der Waals surface area contributed by atoms with Crippen molar-refractivity contribution >= 4 is 5.97 Å². The molecule has 6 heteroatoms. The van der Waals surface area contributed by atoms with Crippen molar-refractivity contribution in [2.75, 3.05) is 26.9 Å². The number of aliphatic carboxylic acids is 1. The molecule has 6 nitrogen and oxygen atoms in total. The van der Waals surface area contributed by atoms with Gasteiger partial charge in [-0.05, 0) is 12.8 Å². The SMILES string of the molecule is COCCONCC1CCC(C(=O)O)O1. The van der Waals surface area contributed by atoms with Gasteiger partial charge in [0.2, 0.25) is 0 Å². The summed E-state index contributed by atoms with van der Waals surface area (Å²) in [4.78, 5) is 15.6. The minimum absolute atomic E-state index is 0.0753. The monoisotopic (exact) mass is 219 g/mol. The van der Waals surface area contributed by atoms with E-state index in [-0.39, 0.29) is 6.10 Å². The van der Waals surface area contributed by atoms with E-state index in [2.05, 4.69) is 5.48 Å². The molecule has 15 heavy (non-hydrogen) atoms. The van der Waals surface area contributed by atoms with Gasteiger partial charge in [0.1, 0.15) is 0 Å². The molecule has 88 valence electrons. The smallest absolute Gasteiger partial charge is 0.332 e. The summed E-state index contributed by atoms with van der Waals surface area (Å²) in [5.41, 5.74) is 2.72. The average Bonchev–Trinajstić information content (AvgIpc) is 2.66. The highest BCUT2D eigenvalue weighted by atomic mass is 16.7. The molecular formula is C9H17NO5. The molecule has 0 amide bonds. The maximum Gasteiger partial charge on any atom is 0.332 e. The summed E-state index contributed by atoms with van der Waals surface area (Å²) in [5, 5.41) is 8.68. The number of carboxylic acids is 1. The van der Waals surface area contributed by atoms with Crippen molar-refractivity contribution in [1.82, 2.24) is 5.48 Å². The van der Waals surface area contributed by atoms with Gasteiger partial charge in [0.25, 0.3) is 0 Å². The number of hydrogen-bond donors (Lipinski definition) is 2. The molecule has 1 heterocycles. The Kier molecular flexibility index (Phi) is 5.56. The minimum atomic E-state index is -0.891. The number of carboxylic acid groups (broad SMARTS) is 1. The Hall–Kier alpha value is -0.690. The molecule has 0 aliphatic carbocycles. The summed E-state index contributed by atoms with van der Waals surface area (Å²) < 4.78 is 10.0. The third-order valence-electron chi connectivity index (χ3n) is 2.19. The Balaban J connectivity index is 2.01. The van der Waals surface area contributed by atoms with Crippen molar-refractivity contribution in [2.24, 2.45) is 0 Å². The highest BCUT2D eigenvalue weighted by Crippen LogP contribution is 2.18. The second kappa shape index (κ2) is 6.73. The molecule has 2 atom stereocenters. The first-order valence-electron chi connectivity index (χ1n) is 4.96. The van der Waals surface area contributed by atoms with E-state index >= 15 is 0 Å². The first-order valence-corrected chi connectivity index (χ1v) is 4.96. The zero-order valence-corrected chi connectivity index (χ0v) is 8.77. The van der Waals surface area contributed by atoms with Crippen LogP contribution in [-0.2, 0) is 19.1 Å². The Labute approximate surface area is 88.5 Å². The summed E-state index contributed by atoms with van der Waals surface area (Å²) in [6.45, 7) is 1.50. The molecule has 1 fully saturated rings. The molecule has 0 bridgehead atoms. The van der Waals surface area contributed by atoms with Gasteiger partial charge in [0, 0.05) is 13.7 Å². The summed E-state index contributed by atoms with van der Waals surface area (Å²) >= 11 is 0. The third-order valence-corrected chi connectivity index (χ3v) is 2.19. The molecule has 1 aliphatic heterocycles. The number of hydroxylamine groups is 1. The molecule has 1 rings (SSSR count). The van der Waals surface area contributed by atoms with Crippen LogP contribution in [0.1, 0.15) is 12.8 Å². The van der Waals surface area contributed by atoms with E-state index in [4.69, 9.17) is 19.4 Å². The predicted molar refractivity (Wildman–Crippen MR) is 51.4 cm³/mol. The number of hydrogen-bond acceptors (Lipinski definition) is 5. The maximum absolute atomic E-state index is 10.6. The van der Waals surface area contributed by atoms with Gasteiger partial charge in [0.15, 0.2) is 6.10 Å². The summed E-state index contributed by atoms with van der Waals surface area (Å²) in [6, 6.07) is 0. The van der Waals surface area contributed by atoms with Gasteiger partial charge in [-0.15, -0.1) is 0 Å². The van der Waals surface area contributed by atoms with Crippen LogP contribution in [0.5, 0.6) is 0 Å². The summed E-state index contributed by atoms with van der Waals surface area (Å²) in [7, 11) is 1.60. The molecule has 0 saturated carbocycles. The molecule has 0 radical (unpaired) electrons. The van der Waals surface area contributed by atoms with Crippen LogP contribution in [0.15, 0.2) is 0 Å². The van der Waals surface area contributed by atoms with Gasteiger partial charge >= 0.3 is 5.97 Å². The lowest BCUT2D eigenvalue weighted by Gasteiger charge is -2.11. The second-order valence-corrected chi connectivity index (χ2v) is 3.35. The molecule has 0 aromatic heterocycles. The fraction of sp³-hybridized carbons (Fsp3) is 0.889. The van der Waals surface area contributed by atoms with Crippen LogP contribution >= 0.6 is 0 Å².